The molecule has 0 aliphatic carbocycles. The lowest BCUT2D eigenvalue weighted by Crippen LogP contribution is -2.02. The molecule has 0 amide bonds. The molecule has 1 N–H and O–H groups in total. The Hall–Kier alpha value is -0.630. The van der Waals surface area contributed by atoms with E-state index in [4.69, 9.17) is 0 Å². The lowest BCUT2D eigenvalue weighted by Gasteiger charge is -2.07. The molecule has 2 heteroatoms. The Kier molecular flexibility index (Phi) is 4.88. The van der Waals surface area contributed by atoms with E-state index in [0.29, 0.717) is 0 Å². The van der Waals surface area contributed by atoms with E-state index in [-0.39, 0.29) is 0 Å². The molecule has 0 unspecified atom stereocenters. The van der Waals surface area contributed by atoms with Crippen molar-refractivity contribution < 1.29 is 0 Å². The van der Waals surface area contributed by atoms with E-state index in [1.165, 1.54) is 29.0 Å². The van der Waals surface area contributed by atoms with Gasteiger partial charge >= 0.3 is 0 Å². The summed E-state index contributed by atoms with van der Waals surface area (Å²) in [5.74, 6) is 1.23. The minimum absolute atomic E-state index is 1.07. The summed E-state index contributed by atoms with van der Waals surface area (Å²) < 4.78 is 0. The molecular formula is C12H19NS. The van der Waals surface area contributed by atoms with Crippen molar-refractivity contribution in [2.24, 2.45) is 0 Å². The summed E-state index contributed by atoms with van der Waals surface area (Å²) in [4.78, 5) is 0. The normalized spacial score (nSPS) is 10.2. The second-order valence-corrected chi connectivity index (χ2v) is 4.64. The summed E-state index contributed by atoms with van der Waals surface area (Å²) in [5, 5.41) is 3.45. The Morgan fingerprint density at radius 3 is 2.36 bits per heavy atom. The van der Waals surface area contributed by atoms with Crippen LogP contribution in [0.15, 0.2) is 18.2 Å². The second-order valence-electron chi connectivity index (χ2n) is 3.65. The molecule has 1 rings (SSSR count). The first-order valence-electron chi connectivity index (χ1n) is 5.03. The van der Waals surface area contributed by atoms with Crippen molar-refractivity contribution in [2.75, 3.05) is 23.9 Å². The van der Waals surface area contributed by atoms with Crippen LogP contribution < -0.4 is 5.32 Å². The van der Waals surface area contributed by atoms with Gasteiger partial charge in [-0.25, -0.2) is 0 Å². The number of anilines is 1. The molecule has 0 saturated carbocycles. The maximum absolute atomic E-state index is 3.45. The van der Waals surface area contributed by atoms with Crippen LogP contribution in [0.5, 0.6) is 0 Å². The standard InChI is InChI=1S/C12H19NS/c1-10-7-11(2)9-12(8-10)13-5-4-6-14-3/h7-9,13H,4-6H2,1-3H3. The Morgan fingerprint density at radius 1 is 1.14 bits per heavy atom. The second kappa shape index (κ2) is 5.97. The van der Waals surface area contributed by atoms with Gasteiger partial charge in [-0.3, -0.25) is 0 Å². The van der Waals surface area contributed by atoms with Crippen LogP contribution in [-0.4, -0.2) is 18.6 Å². The van der Waals surface area contributed by atoms with Gasteiger partial charge in [-0.1, -0.05) is 6.07 Å². The van der Waals surface area contributed by atoms with E-state index in [1.54, 1.807) is 0 Å². The molecule has 0 saturated heterocycles. The fourth-order valence-electron chi connectivity index (χ4n) is 1.53. The summed E-state index contributed by atoms with van der Waals surface area (Å²) in [5.41, 5.74) is 3.92. The lowest BCUT2D eigenvalue weighted by molar-refractivity contribution is 0.992. The van der Waals surface area contributed by atoms with Crippen molar-refractivity contribution >= 4 is 17.4 Å². The van der Waals surface area contributed by atoms with Crippen molar-refractivity contribution in [3.63, 3.8) is 0 Å². The molecule has 0 aliphatic rings. The van der Waals surface area contributed by atoms with Crippen LogP contribution in [-0.2, 0) is 0 Å². The van der Waals surface area contributed by atoms with Crippen molar-refractivity contribution in [1.82, 2.24) is 0 Å². The highest BCUT2D eigenvalue weighted by molar-refractivity contribution is 7.98. The highest BCUT2D eigenvalue weighted by Gasteiger charge is 1.94. The smallest absolute Gasteiger partial charge is 0.0345 e. The fraction of sp³-hybridized carbons (Fsp3) is 0.500. The van der Waals surface area contributed by atoms with Crippen LogP contribution in [0.2, 0.25) is 0 Å². The van der Waals surface area contributed by atoms with Gasteiger partial charge < -0.3 is 5.32 Å². The van der Waals surface area contributed by atoms with Gasteiger partial charge in [0.2, 0.25) is 0 Å². The molecule has 1 nitrogen and oxygen atoms in total. The molecule has 0 heterocycles. The minimum atomic E-state index is 1.07. The summed E-state index contributed by atoms with van der Waals surface area (Å²) in [6.45, 7) is 5.35. The van der Waals surface area contributed by atoms with Gasteiger partial charge in [-0.2, -0.15) is 11.8 Å². The summed E-state index contributed by atoms with van der Waals surface area (Å²) in [7, 11) is 0. The molecule has 14 heavy (non-hydrogen) atoms. The van der Waals surface area contributed by atoms with E-state index in [9.17, 15) is 0 Å². The van der Waals surface area contributed by atoms with Gasteiger partial charge in [-0.05, 0) is 55.5 Å². The molecule has 0 radical (unpaired) electrons. The third-order valence-electron chi connectivity index (χ3n) is 2.08. The Bertz CT molecular complexity index is 263. The monoisotopic (exact) mass is 209 g/mol. The third-order valence-corrected chi connectivity index (χ3v) is 2.77. The maximum Gasteiger partial charge on any atom is 0.0345 e. The van der Waals surface area contributed by atoms with Crippen LogP contribution in [0.3, 0.4) is 0 Å². The fourth-order valence-corrected chi connectivity index (χ4v) is 1.96. The predicted molar refractivity (Wildman–Crippen MR) is 67.4 cm³/mol. The van der Waals surface area contributed by atoms with Gasteiger partial charge in [-0.15, -0.1) is 0 Å². The number of thioether (sulfide) groups is 1. The van der Waals surface area contributed by atoms with Crippen LogP contribution in [0.1, 0.15) is 17.5 Å². The van der Waals surface area contributed by atoms with Gasteiger partial charge in [0.15, 0.2) is 0 Å². The first-order chi connectivity index (χ1) is 6.72. The molecule has 1 aromatic rings. The molecule has 0 fully saturated rings. The highest BCUT2D eigenvalue weighted by atomic mass is 32.2. The predicted octanol–water partition coefficient (Wildman–Crippen LogP) is 3.47. The number of aryl methyl sites for hydroxylation is 2. The molecule has 0 spiro atoms. The first kappa shape index (κ1) is 11.4. The van der Waals surface area contributed by atoms with Crippen LogP contribution in [0, 0.1) is 13.8 Å². The molecular weight excluding hydrogens is 190 g/mol. The van der Waals surface area contributed by atoms with E-state index >= 15 is 0 Å². The zero-order chi connectivity index (χ0) is 10.4. The van der Waals surface area contributed by atoms with Crippen molar-refractivity contribution in [3.8, 4) is 0 Å². The van der Waals surface area contributed by atoms with Crippen molar-refractivity contribution in [3.05, 3.63) is 29.3 Å². The quantitative estimate of drug-likeness (QED) is 0.745. The number of rotatable bonds is 5. The average Bonchev–Trinajstić information content (AvgIpc) is 2.11. The topological polar surface area (TPSA) is 12.0 Å². The number of hydrogen-bond acceptors (Lipinski definition) is 2. The Labute approximate surface area is 91.3 Å². The summed E-state index contributed by atoms with van der Waals surface area (Å²) in [6, 6.07) is 6.60. The van der Waals surface area contributed by atoms with Gasteiger partial charge in [0.1, 0.15) is 0 Å². The van der Waals surface area contributed by atoms with Crippen LogP contribution in [0.4, 0.5) is 5.69 Å². The zero-order valence-corrected chi connectivity index (χ0v) is 10.1. The molecule has 1 aromatic carbocycles. The van der Waals surface area contributed by atoms with Crippen LogP contribution >= 0.6 is 11.8 Å². The lowest BCUT2D eigenvalue weighted by atomic mass is 10.1. The van der Waals surface area contributed by atoms with Crippen LogP contribution in [0.25, 0.3) is 0 Å². The van der Waals surface area contributed by atoms with Gasteiger partial charge in [0.25, 0.3) is 0 Å². The molecule has 78 valence electrons. The van der Waals surface area contributed by atoms with Crippen molar-refractivity contribution in [2.45, 2.75) is 20.3 Å². The molecule has 0 bridgehead atoms. The molecule has 0 aromatic heterocycles. The first-order valence-corrected chi connectivity index (χ1v) is 6.43. The zero-order valence-electron chi connectivity index (χ0n) is 9.26. The number of benzene rings is 1. The number of nitrogens with one attached hydrogen (secondary N) is 1. The summed E-state index contributed by atoms with van der Waals surface area (Å²) >= 11 is 1.90. The van der Waals surface area contributed by atoms with Gasteiger partial charge in [0.05, 0.1) is 0 Å². The van der Waals surface area contributed by atoms with E-state index < -0.39 is 0 Å². The van der Waals surface area contributed by atoms with Gasteiger partial charge in [0, 0.05) is 12.2 Å². The summed E-state index contributed by atoms with van der Waals surface area (Å²) in [6.07, 6.45) is 3.38. The minimum Gasteiger partial charge on any atom is -0.385 e. The maximum atomic E-state index is 3.45. The average molecular weight is 209 g/mol. The van der Waals surface area contributed by atoms with Crippen molar-refractivity contribution in [1.29, 1.82) is 0 Å². The molecule has 0 aliphatic heterocycles. The Balaban J connectivity index is 2.42. The molecule has 0 atom stereocenters. The van der Waals surface area contributed by atoms with E-state index in [0.717, 1.165) is 6.54 Å². The number of hydrogen-bond donors (Lipinski definition) is 1. The van der Waals surface area contributed by atoms with E-state index in [2.05, 4.69) is 43.6 Å². The third kappa shape index (κ3) is 4.05. The van der Waals surface area contributed by atoms with E-state index in [1.807, 2.05) is 11.8 Å². The highest BCUT2D eigenvalue weighted by Crippen LogP contribution is 2.13. The largest absolute Gasteiger partial charge is 0.385 e. The Morgan fingerprint density at radius 2 is 1.79 bits per heavy atom. The SMILES string of the molecule is CSCCCNc1cc(C)cc(C)c1.